The lowest BCUT2D eigenvalue weighted by molar-refractivity contribution is -0.127. The molecular weight excluding hydrogens is 350 g/mol. The van der Waals surface area contributed by atoms with Crippen LogP contribution in [0, 0.1) is 11.6 Å². The Morgan fingerprint density at radius 1 is 1.04 bits per heavy atom. The van der Waals surface area contributed by atoms with Crippen molar-refractivity contribution in [3.8, 4) is 5.75 Å². The Kier molecular flexibility index (Phi) is 6.19. The molecule has 0 aromatic heterocycles. The van der Waals surface area contributed by atoms with Crippen LogP contribution in [0.1, 0.15) is 11.1 Å². The lowest BCUT2D eigenvalue weighted by atomic mass is 10.1. The summed E-state index contributed by atoms with van der Waals surface area (Å²) in [6.07, 6.45) is 3.20. The van der Waals surface area contributed by atoms with E-state index in [9.17, 15) is 13.6 Å². The highest BCUT2D eigenvalue weighted by Crippen LogP contribution is 2.21. The fraction of sp³-hybridized carbons (Fsp3) is 0.286. The highest BCUT2D eigenvalue weighted by atomic mass is 19.1. The summed E-state index contributed by atoms with van der Waals surface area (Å²) in [5.41, 5.74) is 1.58. The van der Waals surface area contributed by atoms with Crippen LogP contribution in [-0.2, 0) is 11.3 Å². The number of hydrogen-bond acceptors (Lipinski definition) is 3. The van der Waals surface area contributed by atoms with Crippen LogP contribution in [0.25, 0.3) is 6.08 Å². The Bertz CT molecular complexity index is 813. The Hall–Kier alpha value is -2.73. The number of benzene rings is 2. The zero-order valence-electron chi connectivity index (χ0n) is 15.2. The maximum atomic E-state index is 13.5. The van der Waals surface area contributed by atoms with Crippen LogP contribution in [0.2, 0.25) is 0 Å². The largest absolute Gasteiger partial charge is 0.496 e. The fourth-order valence-electron chi connectivity index (χ4n) is 3.08. The van der Waals surface area contributed by atoms with Gasteiger partial charge in [-0.15, -0.1) is 0 Å². The normalized spacial score (nSPS) is 15.3. The number of ether oxygens (including phenoxy) is 1. The monoisotopic (exact) mass is 372 g/mol. The van der Waals surface area contributed by atoms with Crippen molar-refractivity contribution in [2.45, 2.75) is 6.54 Å². The van der Waals surface area contributed by atoms with Gasteiger partial charge in [-0.3, -0.25) is 9.69 Å². The van der Waals surface area contributed by atoms with Gasteiger partial charge in [0.25, 0.3) is 0 Å². The number of methoxy groups -OCH3 is 1. The lowest BCUT2D eigenvalue weighted by Gasteiger charge is -2.34. The summed E-state index contributed by atoms with van der Waals surface area (Å²) >= 11 is 0. The Morgan fingerprint density at radius 2 is 1.70 bits per heavy atom. The van der Waals surface area contributed by atoms with Crippen LogP contribution >= 0.6 is 0 Å². The van der Waals surface area contributed by atoms with E-state index in [1.165, 1.54) is 30.3 Å². The molecule has 3 rings (SSSR count). The Balaban J connectivity index is 1.53. The molecule has 1 aliphatic heterocycles. The minimum absolute atomic E-state index is 0.0673. The van der Waals surface area contributed by atoms with Gasteiger partial charge in [-0.2, -0.15) is 0 Å². The average molecular weight is 372 g/mol. The van der Waals surface area contributed by atoms with Crippen molar-refractivity contribution in [2.24, 2.45) is 0 Å². The molecule has 1 fully saturated rings. The molecule has 2 aromatic carbocycles. The molecule has 2 aromatic rings. The summed E-state index contributed by atoms with van der Waals surface area (Å²) in [6, 6.07) is 10.5. The van der Waals surface area contributed by atoms with Gasteiger partial charge in [0, 0.05) is 44.4 Å². The second kappa shape index (κ2) is 8.77. The van der Waals surface area contributed by atoms with Gasteiger partial charge in [-0.1, -0.05) is 12.1 Å². The Morgan fingerprint density at radius 3 is 2.37 bits per heavy atom. The topological polar surface area (TPSA) is 32.8 Å². The molecule has 1 saturated heterocycles. The first kappa shape index (κ1) is 19.0. The molecule has 4 nitrogen and oxygen atoms in total. The van der Waals surface area contributed by atoms with Gasteiger partial charge >= 0.3 is 0 Å². The van der Waals surface area contributed by atoms with Crippen LogP contribution < -0.4 is 4.74 Å². The van der Waals surface area contributed by atoms with Gasteiger partial charge in [0.1, 0.15) is 17.4 Å². The molecule has 1 amide bonds. The molecule has 0 unspecified atom stereocenters. The summed E-state index contributed by atoms with van der Waals surface area (Å²) in [5, 5.41) is 0. The quantitative estimate of drug-likeness (QED) is 0.755. The molecule has 6 heteroatoms. The van der Waals surface area contributed by atoms with Crippen molar-refractivity contribution in [1.29, 1.82) is 0 Å². The third kappa shape index (κ3) is 5.14. The molecule has 142 valence electrons. The predicted molar refractivity (Wildman–Crippen MR) is 100 cm³/mol. The molecule has 0 aliphatic carbocycles. The molecule has 0 bridgehead atoms. The van der Waals surface area contributed by atoms with Crippen LogP contribution in [-0.4, -0.2) is 49.0 Å². The molecule has 0 radical (unpaired) electrons. The van der Waals surface area contributed by atoms with E-state index in [1.807, 2.05) is 0 Å². The zero-order valence-corrected chi connectivity index (χ0v) is 15.2. The highest BCUT2D eigenvalue weighted by Gasteiger charge is 2.20. The summed E-state index contributed by atoms with van der Waals surface area (Å²) in [4.78, 5) is 16.3. The first-order valence-electron chi connectivity index (χ1n) is 8.82. The zero-order chi connectivity index (χ0) is 19.2. The third-order valence-electron chi connectivity index (χ3n) is 4.61. The number of piperazine rings is 1. The maximum Gasteiger partial charge on any atom is 0.246 e. The summed E-state index contributed by atoms with van der Waals surface area (Å²) < 4.78 is 31.7. The van der Waals surface area contributed by atoms with Crippen molar-refractivity contribution in [2.75, 3.05) is 33.3 Å². The van der Waals surface area contributed by atoms with Gasteiger partial charge < -0.3 is 9.64 Å². The highest BCUT2D eigenvalue weighted by molar-refractivity contribution is 5.91. The van der Waals surface area contributed by atoms with Crippen LogP contribution in [0.5, 0.6) is 5.75 Å². The van der Waals surface area contributed by atoms with Gasteiger partial charge in [-0.25, -0.2) is 8.78 Å². The van der Waals surface area contributed by atoms with Gasteiger partial charge in [0.15, 0.2) is 0 Å². The smallest absolute Gasteiger partial charge is 0.246 e. The molecule has 1 aliphatic rings. The number of halogens is 2. The first-order chi connectivity index (χ1) is 13.0. The van der Waals surface area contributed by atoms with Crippen molar-refractivity contribution in [3.05, 3.63) is 71.3 Å². The molecule has 0 saturated carbocycles. The van der Waals surface area contributed by atoms with Crippen molar-refractivity contribution in [1.82, 2.24) is 9.80 Å². The van der Waals surface area contributed by atoms with E-state index in [-0.39, 0.29) is 17.5 Å². The fourth-order valence-corrected chi connectivity index (χ4v) is 3.08. The van der Waals surface area contributed by atoms with Crippen molar-refractivity contribution >= 4 is 12.0 Å². The van der Waals surface area contributed by atoms with Crippen LogP contribution in [0.3, 0.4) is 0 Å². The number of amides is 1. The molecule has 0 atom stereocenters. The standard InChI is InChI=1S/C21H22F2N2O2/c1-27-20-8-7-19(23)14-17(20)15-24-10-12-25(13-11-24)21(26)9-4-16-2-5-18(22)6-3-16/h2-9,14H,10-13,15H2,1H3/b9-4+. The van der Waals surface area contributed by atoms with Gasteiger partial charge in [0.05, 0.1) is 7.11 Å². The van der Waals surface area contributed by atoms with Gasteiger partial charge in [0.2, 0.25) is 5.91 Å². The van der Waals surface area contributed by atoms with E-state index in [2.05, 4.69) is 4.90 Å². The van der Waals surface area contributed by atoms with E-state index < -0.39 is 0 Å². The lowest BCUT2D eigenvalue weighted by Crippen LogP contribution is -2.47. The summed E-state index contributed by atoms with van der Waals surface area (Å²) in [5.74, 6) is 0.00881. The maximum absolute atomic E-state index is 13.5. The van der Waals surface area contributed by atoms with Crippen LogP contribution in [0.15, 0.2) is 48.5 Å². The summed E-state index contributed by atoms with van der Waals surface area (Å²) in [7, 11) is 1.57. The predicted octanol–water partition coefficient (Wildman–Crippen LogP) is 3.33. The minimum Gasteiger partial charge on any atom is -0.496 e. The molecule has 1 heterocycles. The second-order valence-corrected chi connectivity index (χ2v) is 6.44. The van der Waals surface area contributed by atoms with E-state index >= 15 is 0 Å². The molecule has 0 spiro atoms. The van der Waals surface area contributed by atoms with E-state index in [0.29, 0.717) is 38.5 Å². The van der Waals surface area contributed by atoms with Crippen LogP contribution in [0.4, 0.5) is 8.78 Å². The number of rotatable bonds is 5. The number of hydrogen-bond donors (Lipinski definition) is 0. The number of nitrogens with zero attached hydrogens (tertiary/aromatic N) is 2. The average Bonchev–Trinajstić information content (AvgIpc) is 2.68. The number of carbonyl (C=O) groups is 1. The van der Waals surface area contributed by atoms with Gasteiger partial charge in [-0.05, 0) is 42.0 Å². The summed E-state index contributed by atoms with van der Waals surface area (Å²) in [6.45, 7) is 3.19. The first-order valence-corrected chi connectivity index (χ1v) is 8.82. The van der Waals surface area contributed by atoms with Crippen molar-refractivity contribution in [3.63, 3.8) is 0 Å². The Labute approximate surface area is 157 Å². The van der Waals surface area contributed by atoms with E-state index in [4.69, 9.17) is 4.74 Å². The third-order valence-corrected chi connectivity index (χ3v) is 4.61. The molecular formula is C21H22F2N2O2. The molecule has 0 N–H and O–H groups in total. The van der Waals surface area contributed by atoms with Crippen molar-refractivity contribution < 1.29 is 18.3 Å². The van der Waals surface area contributed by atoms with E-state index in [1.54, 1.807) is 36.3 Å². The minimum atomic E-state index is -0.301. The van der Waals surface area contributed by atoms with E-state index in [0.717, 1.165) is 11.1 Å². The second-order valence-electron chi connectivity index (χ2n) is 6.44. The molecule has 27 heavy (non-hydrogen) atoms. The SMILES string of the molecule is COc1ccc(F)cc1CN1CCN(C(=O)/C=C/c2ccc(F)cc2)CC1. The number of carbonyl (C=O) groups excluding carboxylic acids is 1.